The Morgan fingerprint density at radius 1 is 1.70 bits per heavy atom. The largest absolute Gasteiger partial charge is 0.368 e. The van der Waals surface area contributed by atoms with Crippen molar-refractivity contribution in [2.75, 3.05) is 0 Å². The van der Waals surface area contributed by atoms with E-state index in [1.54, 1.807) is 0 Å². The fourth-order valence-corrected chi connectivity index (χ4v) is 0.544. The quantitative estimate of drug-likeness (QED) is 0.549. The van der Waals surface area contributed by atoms with Gasteiger partial charge in [-0.25, -0.2) is 0 Å². The average molecular weight is 142 g/mol. The summed E-state index contributed by atoms with van der Waals surface area (Å²) in [6.45, 7) is 5.58. The van der Waals surface area contributed by atoms with E-state index in [9.17, 15) is 4.79 Å². The molecule has 4 N–H and O–H groups in total. The smallest absolute Gasteiger partial charge is 0.234 e. The Morgan fingerprint density at radius 2 is 2.20 bits per heavy atom. The molecule has 1 atom stereocenters. The third kappa shape index (κ3) is 4.09. The predicted octanol–water partition coefficient (Wildman–Crippen LogP) is 0.155. The molecule has 0 bridgehead atoms. The number of nitrogens with two attached hydrogens (primary N) is 2. The lowest BCUT2D eigenvalue weighted by Crippen LogP contribution is -2.36. The van der Waals surface area contributed by atoms with Crippen LogP contribution in [-0.4, -0.2) is 11.9 Å². The molecule has 0 saturated carbocycles. The molecule has 0 aromatic heterocycles. The highest BCUT2D eigenvalue weighted by molar-refractivity contribution is 5.79. The van der Waals surface area contributed by atoms with Crippen molar-refractivity contribution >= 4 is 5.91 Å². The van der Waals surface area contributed by atoms with E-state index >= 15 is 0 Å². The molecule has 3 heteroatoms. The molecule has 10 heavy (non-hydrogen) atoms. The maximum Gasteiger partial charge on any atom is 0.234 e. The topological polar surface area (TPSA) is 69.1 Å². The van der Waals surface area contributed by atoms with Crippen molar-refractivity contribution < 1.29 is 4.79 Å². The van der Waals surface area contributed by atoms with Gasteiger partial charge in [0.15, 0.2) is 0 Å². The zero-order valence-corrected chi connectivity index (χ0v) is 6.26. The van der Waals surface area contributed by atoms with Crippen molar-refractivity contribution in [2.45, 2.75) is 25.8 Å². The minimum atomic E-state index is -0.517. The van der Waals surface area contributed by atoms with Gasteiger partial charge in [0.25, 0.3) is 0 Å². The van der Waals surface area contributed by atoms with Gasteiger partial charge in [-0.3, -0.25) is 4.79 Å². The summed E-state index contributed by atoms with van der Waals surface area (Å²) in [5.41, 5.74) is 11.3. The third-order valence-electron chi connectivity index (χ3n) is 1.25. The van der Waals surface area contributed by atoms with Crippen molar-refractivity contribution in [1.82, 2.24) is 0 Å². The summed E-state index contributed by atoms with van der Waals surface area (Å²) >= 11 is 0. The maximum atomic E-state index is 10.4. The molecule has 0 rings (SSSR count). The van der Waals surface area contributed by atoms with Crippen LogP contribution in [0.2, 0.25) is 0 Å². The zero-order chi connectivity index (χ0) is 8.15. The van der Waals surface area contributed by atoms with Crippen molar-refractivity contribution in [2.24, 2.45) is 11.5 Å². The first-order valence-electron chi connectivity index (χ1n) is 3.23. The fraction of sp³-hybridized carbons (Fsp3) is 0.571. The van der Waals surface area contributed by atoms with Crippen LogP contribution in [0.5, 0.6) is 0 Å². The molecule has 0 spiro atoms. The highest BCUT2D eigenvalue weighted by Crippen LogP contribution is 2.01. The monoisotopic (exact) mass is 142 g/mol. The Bertz CT molecular complexity index is 143. The minimum absolute atomic E-state index is 0.443. The van der Waals surface area contributed by atoms with Crippen LogP contribution in [0.3, 0.4) is 0 Å². The van der Waals surface area contributed by atoms with Crippen LogP contribution in [0.1, 0.15) is 19.8 Å². The second-order valence-corrected chi connectivity index (χ2v) is 2.50. The summed E-state index contributed by atoms with van der Waals surface area (Å²) in [4.78, 5) is 10.4. The van der Waals surface area contributed by atoms with Gasteiger partial charge >= 0.3 is 0 Å². The molecule has 0 aromatic rings. The van der Waals surface area contributed by atoms with Crippen molar-refractivity contribution in [3.63, 3.8) is 0 Å². The molecular formula is C7H14N2O. The van der Waals surface area contributed by atoms with Crippen LogP contribution < -0.4 is 11.5 Å². The lowest BCUT2D eigenvalue weighted by Gasteiger charge is -2.05. The van der Waals surface area contributed by atoms with E-state index in [0.717, 1.165) is 12.0 Å². The molecule has 0 aliphatic rings. The molecular weight excluding hydrogens is 128 g/mol. The molecule has 0 radical (unpaired) electrons. The van der Waals surface area contributed by atoms with E-state index in [1.165, 1.54) is 0 Å². The molecule has 0 aromatic carbocycles. The summed E-state index contributed by atoms with van der Waals surface area (Å²) in [6, 6.07) is -0.517. The number of carbonyl (C=O) groups is 1. The summed E-state index contributed by atoms with van der Waals surface area (Å²) in [7, 11) is 0. The van der Waals surface area contributed by atoms with Crippen LogP contribution >= 0.6 is 0 Å². The van der Waals surface area contributed by atoms with Gasteiger partial charge in [-0.2, -0.15) is 0 Å². The molecule has 0 fully saturated rings. The molecule has 0 aliphatic heterocycles. The Morgan fingerprint density at radius 3 is 2.50 bits per heavy atom. The second kappa shape index (κ2) is 4.06. The summed E-state index contributed by atoms with van der Waals surface area (Å²) < 4.78 is 0. The number of primary amides is 1. The number of allylic oxidation sites excluding steroid dienone is 1. The van der Waals surface area contributed by atoms with Gasteiger partial charge in [0, 0.05) is 0 Å². The lowest BCUT2D eigenvalue weighted by atomic mass is 10.1. The van der Waals surface area contributed by atoms with E-state index in [2.05, 4.69) is 6.58 Å². The summed E-state index contributed by atoms with van der Waals surface area (Å²) in [5, 5.41) is 0. The summed E-state index contributed by atoms with van der Waals surface area (Å²) in [6.07, 6.45) is 1.37. The van der Waals surface area contributed by atoms with Crippen LogP contribution in [0, 0.1) is 0 Å². The Hall–Kier alpha value is -0.830. The van der Waals surface area contributed by atoms with Crippen molar-refractivity contribution in [3.05, 3.63) is 12.2 Å². The number of hydrogen-bond acceptors (Lipinski definition) is 2. The number of rotatable bonds is 4. The molecule has 1 amide bonds. The van der Waals surface area contributed by atoms with Gasteiger partial charge in [-0.05, 0) is 19.8 Å². The van der Waals surface area contributed by atoms with Crippen LogP contribution in [0.25, 0.3) is 0 Å². The SMILES string of the molecule is C=C(C)CCC(N)C(N)=O. The average Bonchev–Trinajstić information content (AvgIpc) is 1.82. The summed E-state index contributed by atoms with van der Waals surface area (Å²) in [5.74, 6) is -0.443. The first kappa shape index (κ1) is 9.17. The second-order valence-electron chi connectivity index (χ2n) is 2.50. The lowest BCUT2D eigenvalue weighted by molar-refractivity contribution is -0.119. The molecule has 58 valence electrons. The minimum Gasteiger partial charge on any atom is -0.368 e. The van der Waals surface area contributed by atoms with Gasteiger partial charge in [-0.15, -0.1) is 6.58 Å². The first-order valence-corrected chi connectivity index (χ1v) is 3.23. The van der Waals surface area contributed by atoms with E-state index in [-0.39, 0.29) is 0 Å². The molecule has 0 saturated heterocycles. The van der Waals surface area contributed by atoms with Gasteiger partial charge in [0.05, 0.1) is 6.04 Å². The van der Waals surface area contributed by atoms with Crippen molar-refractivity contribution in [3.8, 4) is 0 Å². The molecule has 0 aliphatic carbocycles. The molecule has 1 unspecified atom stereocenters. The van der Waals surface area contributed by atoms with Gasteiger partial charge in [-0.1, -0.05) is 5.57 Å². The number of carbonyl (C=O) groups excluding carboxylic acids is 1. The third-order valence-corrected chi connectivity index (χ3v) is 1.25. The first-order chi connectivity index (χ1) is 4.54. The maximum absolute atomic E-state index is 10.4. The van der Waals surface area contributed by atoms with Crippen LogP contribution in [0.15, 0.2) is 12.2 Å². The van der Waals surface area contributed by atoms with E-state index in [1.807, 2.05) is 6.92 Å². The Balaban J connectivity index is 3.49. The highest BCUT2D eigenvalue weighted by Gasteiger charge is 2.07. The van der Waals surface area contributed by atoms with E-state index in [4.69, 9.17) is 11.5 Å². The van der Waals surface area contributed by atoms with Crippen molar-refractivity contribution in [1.29, 1.82) is 0 Å². The van der Waals surface area contributed by atoms with Gasteiger partial charge in [0.1, 0.15) is 0 Å². The van der Waals surface area contributed by atoms with Gasteiger partial charge < -0.3 is 11.5 Å². The molecule has 0 heterocycles. The standard InChI is InChI=1S/C7H14N2O/c1-5(2)3-4-6(8)7(9)10/h6H,1,3-4,8H2,2H3,(H2,9,10). The number of amides is 1. The van der Waals surface area contributed by atoms with Crippen LogP contribution in [0.4, 0.5) is 0 Å². The normalized spacial score (nSPS) is 12.6. The van der Waals surface area contributed by atoms with Crippen LogP contribution in [-0.2, 0) is 4.79 Å². The van der Waals surface area contributed by atoms with E-state index in [0.29, 0.717) is 6.42 Å². The van der Waals surface area contributed by atoms with Gasteiger partial charge in [0.2, 0.25) is 5.91 Å². The van der Waals surface area contributed by atoms with E-state index < -0.39 is 11.9 Å². The fourth-order valence-electron chi connectivity index (χ4n) is 0.544. The predicted molar refractivity (Wildman–Crippen MR) is 41.2 cm³/mol. The molecule has 3 nitrogen and oxygen atoms in total. The Kier molecular flexibility index (Phi) is 3.72. The zero-order valence-electron chi connectivity index (χ0n) is 6.26. The Labute approximate surface area is 61.1 Å². The number of hydrogen-bond donors (Lipinski definition) is 2. The highest BCUT2D eigenvalue weighted by atomic mass is 16.1.